The second-order valence-corrected chi connectivity index (χ2v) is 16.0. The van der Waals surface area contributed by atoms with E-state index in [1.54, 1.807) is 0 Å². The molecular formula is C52H46N2. The molecule has 0 atom stereocenters. The van der Waals surface area contributed by atoms with Crippen molar-refractivity contribution in [3.63, 3.8) is 0 Å². The van der Waals surface area contributed by atoms with E-state index in [9.17, 15) is 0 Å². The predicted octanol–water partition coefficient (Wildman–Crippen LogP) is 13.7. The summed E-state index contributed by atoms with van der Waals surface area (Å²) in [6.45, 7) is 9.44. The van der Waals surface area contributed by atoms with Crippen molar-refractivity contribution in [2.75, 3.05) is 5.32 Å². The molecule has 1 aliphatic heterocycles. The maximum absolute atomic E-state index is 3.63. The minimum absolute atomic E-state index is 0.0713. The van der Waals surface area contributed by atoms with Crippen molar-refractivity contribution >= 4 is 45.6 Å². The molecular weight excluding hydrogens is 653 g/mol. The number of nitrogens with one attached hydrogen (secondary N) is 1. The summed E-state index contributed by atoms with van der Waals surface area (Å²) in [4.78, 5) is 0. The Hall–Kier alpha value is -6.12. The third-order valence-corrected chi connectivity index (χ3v) is 11.7. The lowest BCUT2D eigenvalue weighted by Gasteiger charge is -2.34. The first kappa shape index (κ1) is 33.7. The minimum atomic E-state index is -0.125. The molecule has 2 aliphatic rings. The highest BCUT2D eigenvalue weighted by atomic mass is 15.0. The molecule has 0 amide bonds. The molecule has 0 unspecified atom stereocenters. The topological polar surface area (TPSA) is 17.0 Å². The van der Waals surface area contributed by atoms with Crippen LogP contribution in [0.4, 0.5) is 5.69 Å². The van der Waals surface area contributed by atoms with Gasteiger partial charge in [-0.1, -0.05) is 173 Å². The first-order valence-corrected chi connectivity index (χ1v) is 19.2. The van der Waals surface area contributed by atoms with E-state index < -0.39 is 0 Å². The van der Waals surface area contributed by atoms with Gasteiger partial charge in [-0.25, -0.2) is 0 Å². The average molecular weight is 699 g/mol. The molecule has 2 heteroatoms. The Morgan fingerprint density at radius 1 is 0.611 bits per heavy atom. The summed E-state index contributed by atoms with van der Waals surface area (Å²) >= 11 is 0. The second kappa shape index (κ2) is 13.4. The molecule has 54 heavy (non-hydrogen) atoms. The average Bonchev–Trinajstić information content (AvgIpc) is 3.54. The zero-order valence-electron chi connectivity index (χ0n) is 31.6. The molecule has 0 saturated heterocycles. The van der Waals surface area contributed by atoms with Crippen molar-refractivity contribution in [2.45, 2.75) is 51.4 Å². The summed E-state index contributed by atoms with van der Waals surface area (Å²) in [7, 11) is 0. The molecule has 1 aliphatic carbocycles. The Balaban J connectivity index is 1.12. The number of hydrogen-bond donors (Lipinski definition) is 1. The number of anilines is 1. The highest BCUT2D eigenvalue weighted by molar-refractivity contribution is 6.01. The van der Waals surface area contributed by atoms with Gasteiger partial charge in [0.15, 0.2) is 0 Å². The van der Waals surface area contributed by atoms with Crippen molar-refractivity contribution in [2.24, 2.45) is 0 Å². The highest BCUT2D eigenvalue weighted by Gasteiger charge is 2.35. The monoisotopic (exact) mass is 698 g/mol. The molecule has 2 nitrogen and oxygen atoms in total. The Morgan fingerprint density at radius 2 is 1.33 bits per heavy atom. The number of fused-ring (bicyclic) bond motifs is 4. The van der Waals surface area contributed by atoms with Gasteiger partial charge in [-0.3, -0.25) is 0 Å². The number of nitrogens with zero attached hydrogens (tertiary/aromatic N) is 1. The first-order valence-electron chi connectivity index (χ1n) is 19.2. The van der Waals surface area contributed by atoms with Gasteiger partial charge in [-0.15, -0.1) is 0 Å². The van der Waals surface area contributed by atoms with Gasteiger partial charge < -0.3 is 9.88 Å². The normalized spacial score (nSPS) is 16.8. The predicted molar refractivity (Wildman–Crippen MR) is 232 cm³/mol. The fourth-order valence-electron chi connectivity index (χ4n) is 8.73. The molecule has 7 aromatic rings. The van der Waals surface area contributed by atoms with E-state index in [1.807, 2.05) is 0 Å². The van der Waals surface area contributed by atoms with Crippen LogP contribution in [0.3, 0.4) is 0 Å². The van der Waals surface area contributed by atoms with Gasteiger partial charge in [0.25, 0.3) is 0 Å². The molecule has 0 saturated carbocycles. The van der Waals surface area contributed by atoms with Crippen LogP contribution in [0, 0.1) is 0 Å². The molecule has 0 radical (unpaired) electrons. The molecule has 264 valence electrons. The van der Waals surface area contributed by atoms with E-state index in [0.29, 0.717) is 0 Å². The largest absolute Gasteiger partial charge is 0.361 e. The van der Waals surface area contributed by atoms with Crippen LogP contribution in [0.5, 0.6) is 0 Å². The van der Waals surface area contributed by atoms with Gasteiger partial charge in [-0.2, -0.15) is 0 Å². The number of benzene rings is 6. The maximum atomic E-state index is 3.63. The quantitative estimate of drug-likeness (QED) is 0.183. The van der Waals surface area contributed by atoms with E-state index in [0.717, 1.165) is 18.5 Å². The third kappa shape index (κ3) is 5.83. The lowest BCUT2D eigenvalue weighted by atomic mass is 9.75. The fraction of sp³-hybridized carbons (Fsp3) is 0.154. The van der Waals surface area contributed by atoms with E-state index >= 15 is 0 Å². The lowest BCUT2D eigenvalue weighted by Crippen LogP contribution is -2.26. The number of allylic oxidation sites excluding steroid dienone is 4. The molecule has 9 rings (SSSR count). The smallest absolute Gasteiger partial charge is 0.0582 e. The zero-order valence-corrected chi connectivity index (χ0v) is 31.6. The van der Waals surface area contributed by atoms with Gasteiger partial charge in [0, 0.05) is 33.6 Å². The van der Waals surface area contributed by atoms with Crippen LogP contribution in [0.15, 0.2) is 158 Å². The van der Waals surface area contributed by atoms with Crippen LogP contribution in [0.2, 0.25) is 0 Å². The van der Waals surface area contributed by atoms with Crippen molar-refractivity contribution in [1.82, 2.24) is 4.57 Å². The zero-order chi connectivity index (χ0) is 36.9. The van der Waals surface area contributed by atoms with Crippen LogP contribution >= 0.6 is 0 Å². The molecule has 1 aromatic heterocycles. The van der Waals surface area contributed by atoms with Crippen LogP contribution in [-0.4, -0.2) is 4.57 Å². The van der Waals surface area contributed by atoms with Crippen molar-refractivity contribution < 1.29 is 0 Å². The van der Waals surface area contributed by atoms with Gasteiger partial charge in [0.1, 0.15) is 0 Å². The number of hydrogen-bond acceptors (Lipinski definition) is 1. The summed E-state index contributed by atoms with van der Waals surface area (Å²) in [5.74, 6) is 0. The molecule has 0 bridgehead atoms. The molecule has 6 aromatic carbocycles. The molecule has 2 heterocycles. The third-order valence-electron chi connectivity index (χ3n) is 11.7. The van der Waals surface area contributed by atoms with Gasteiger partial charge in [-0.05, 0) is 86.9 Å². The molecule has 0 fully saturated rings. The SMILES string of the molecule is CC1(C)C/C=C\C=C/Cc2ccc(-c3ccc(/C=C\c4c(/C=C/Nc5cccc6ccccc56)c5cccc6c5n4-c4ccccc4C6(C)C)cc3)cc21. The summed E-state index contributed by atoms with van der Waals surface area (Å²) < 4.78 is 2.49. The van der Waals surface area contributed by atoms with Crippen molar-refractivity contribution in [3.8, 4) is 16.8 Å². The summed E-state index contributed by atoms with van der Waals surface area (Å²) in [5.41, 5.74) is 15.2. The second-order valence-electron chi connectivity index (χ2n) is 16.0. The van der Waals surface area contributed by atoms with Crippen molar-refractivity contribution in [3.05, 3.63) is 197 Å². The van der Waals surface area contributed by atoms with E-state index in [4.69, 9.17) is 0 Å². The summed E-state index contributed by atoms with van der Waals surface area (Å²) in [6.07, 6.45) is 19.8. The Morgan fingerprint density at radius 3 is 2.22 bits per heavy atom. The van der Waals surface area contributed by atoms with E-state index in [2.05, 4.69) is 214 Å². The van der Waals surface area contributed by atoms with E-state index in [1.165, 1.54) is 77.6 Å². The maximum Gasteiger partial charge on any atom is 0.0582 e. The van der Waals surface area contributed by atoms with Crippen molar-refractivity contribution in [1.29, 1.82) is 0 Å². The van der Waals surface area contributed by atoms with Gasteiger partial charge in [0.05, 0.1) is 16.9 Å². The van der Waals surface area contributed by atoms with Gasteiger partial charge >= 0.3 is 0 Å². The first-order chi connectivity index (χ1) is 26.3. The number of para-hydroxylation sites is 2. The van der Waals surface area contributed by atoms with Crippen LogP contribution < -0.4 is 5.32 Å². The lowest BCUT2D eigenvalue weighted by molar-refractivity contribution is 0.530. The summed E-state index contributed by atoms with van der Waals surface area (Å²) in [5, 5.41) is 7.32. The molecule has 0 spiro atoms. The van der Waals surface area contributed by atoms with Crippen LogP contribution in [0.1, 0.15) is 73.2 Å². The Kier molecular flexibility index (Phi) is 8.35. The number of rotatable bonds is 6. The Labute approximate surface area is 319 Å². The summed E-state index contributed by atoms with van der Waals surface area (Å²) in [6, 6.07) is 46.8. The van der Waals surface area contributed by atoms with Gasteiger partial charge in [0.2, 0.25) is 0 Å². The minimum Gasteiger partial charge on any atom is -0.361 e. The molecule has 1 N–H and O–H groups in total. The standard InChI is InChI=1S/C52H46N2/c1-51(2)33-12-6-5-7-16-39-29-30-40(35-46(39)51)37-27-24-36(25-28-37)26-31-48-42(32-34-53-47-22-13-17-38-15-8-9-18-41(38)47)43-19-14-21-45-50(43)54(48)49-23-11-10-20-44(49)52(45,3)4/h5-15,17-32,34-35,53H,16,33H2,1-4H3/b7-5-,12-6-,31-26-,34-32+. The Bertz CT molecular complexity index is 2670. The fourth-order valence-corrected chi connectivity index (χ4v) is 8.73. The number of aromatic nitrogens is 1. The van der Waals surface area contributed by atoms with E-state index in [-0.39, 0.29) is 10.8 Å². The van der Waals surface area contributed by atoms with Crippen LogP contribution in [0.25, 0.3) is 56.7 Å². The highest BCUT2D eigenvalue weighted by Crippen LogP contribution is 2.47. The van der Waals surface area contributed by atoms with Crippen LogP contribution in [-0.2, 0) is 17.3 Å².